The van der Waals surface area contributed by atoms with Crippen LogP contribution in [0.5, 0.6) is 0 Å². The first-order valence-corrected chi connectivity index (χ1v) is 5.75. The quantitative estimate of drug-likeness (QED) is 0.635. The maximum Gasteiger partial charge on any atom is 0.288 e. The number of carbonyl (C=O) groups excluding carboxylic acids is 1. The summed E-state index contributed by atoms with van der Waals surface area (Å²) in [7, 11) is 0. The molecule has 0 aliphatic rings. The van der Waals surface area contributed by atoms with E-state index in [4.69, 9.17) is 12.2 Å². The Morgan fingerprint density at radius 3 is 2.39 bits per heavy atom. The molecule has 1 amide bonds. The van der Waals surface area contributed by atoms with Gasteiger partial charge in [-0.2, -0.15) is 0 Å². The number of nitrogens with one attached hydrogen (secondary N) is 2. The summed E-state index contributed by atoms with van der Waals surface area (Å²) in [5, 5.41) is 0. The van der Waals surface area contributed by atoms with E-state index in [0.717, 1.165) is 5.56 Å². The predicted molar refractivity (Wildman–Crippen MR) is 73.0 cm³/mol. The molecule has 0 saturated heterocycles. The summed E-state index contributed by atoms with van der Waals surface area (Å²) in [5.41, 5.74) is 6.37. The minimum atomic E-state index is -0.325. The highest BCUT2D eigenvalue weighted by molar-refractivity contribution is 7.80. The van der Waals surface area contributed by atoms with Crippen molar-refractivity contribution in [3.8, 4) is 0 Å². The van der Waals surface area contributed by atoms with Crippen LogP contribution in [0, 0.1) is 0 Å². The molecule has 18 heavy (non-hydrogen) atoms. The van der Waals surface area contributed by atoms with Crippen LogP contribution < -0.4 is 10.9 Å². The summed E-state index contributed by atoms with van der Waals surface area (Å²) < 4.78 is 0. The fraction of sp³-hybridized carbons (Fsp3) is 0. The third-order valence-corrected chi connectivity index (χ3v) is 2.56. The Hall–Kier alpha value is -2.27. The molecule has 0 radical (unpaired) electrons. The van der Waals surface area contributed by atoms with E-state index in [1.54, 1.807) is 24.4 Å². The highest BCUT2D eigenvalue weighted by atomic mass is 32.1. The van der Waals surface area contributed by atoms with Crippen LogP contribution in [0.1, 0.15) is 16.1 Å². The normalized spacial score (nSPS) is 9.56. The molecule has 2 aromatic rings. The van der Waals surface area contributed by atoms with Crippen molar-refractivity contribution < 1.29 is 4.79 Å². The maximum absolute atomic E-state index is 11.7. The smallest absolute Gasteiger partial charge is 0.287 e. The van der Waals surface area contributed by atoms with Crippen molar-refractivity contribution in [2.75, 3.05) is 0 Å². The van der Waals surface area contributed by atoms with E-state index in [0.29, 0.717) is 10.7 Å². The molecule has 0 atom stereocenters. The second-order valence-electron chi connectivity index (χ2n) is 3.49. The van der Waals surface area contributed by atoms with E-state index < -0.39 is 0 Å². The summed E-state index contributed by atoms with van der Waals surface area (Å²) in [6.07, 6.45) is 1.56. The van der Waals surface area contributed by atoms with Gasteiger partial charge in [0.15, 0.2) is 0 Å². The molecule has 2 rings (SSSR count). The fourth-order valence-corrected chi connectivity index (χ4v) is 1.52. The van der Waals surface area contributed by atoms with Crippen molar-refractivity contribution >= 4 is 23.1 Å². The number of carbonyl (C=O) groups is 1. The Morgan fingerprint density at radius 1 is 1.00 bits per heavy atom. The number of aromatic nitrogens is 1. The van der Waals surface area contributed by atoms with Gasteiger partial charge < -0.3 is 0 Å². The molecule has 0 saturated carbocycles. The van der Waals surface area contributed by atoms with Crippen LogP contribution in [0.2, 0.25) is 0 Å². The van der Waals surface area contributed by atoms with Gasteiger partial charge in [0.2, 0.25) is 0 Å². The second-order valence-corrected chi connectivity index (χ2v) is 3.90. The van der Waals surface area contributed by atoms with E-state index >= 15 is 0 Å². The van der Waals surface area contributed by atoms with Crippen LogP contribution in [-0.2, 0) is 0 Å². The molecule has 1 heterocycles. The number of rotatable bonds is 2. The Morgan fingerprint density at radius 2 is 1.72 bits per heavy atom. The summed E-state index contributed by atoms with van der Waals surface area (Å²) in [6.45, 7) is 0. The van der Waals surface area contributed by atoms with Gasteiger partial charge in [-0.15, -0.1) is 0 Å². The third-order valence-electron chi connectivity index (χ3n) is 2.22. The van der Waals surface area contributed by atoms with Crippen molar-refractivity contribution in [2.24, 2.45) is 0 Å². The molecule has 4 nitrogen and oxygen atoms in total. The molecular formula is C13H11N3OS. The van der Waals surface area contributed by atoms with Crippen LogP contribution >= 0.6 is 12.2 Å². The zero-order chi connectivity index (χ0) is 12.8. The third kappa shape index (κ3) is 3.11. The number of hydrogen-bond acceptors (Lipinski definition) is 3. The zero-order valence-corrected chi connectivity index (χ0v) is 10.3. The van der Waals surface area contributed by atoms with Gasteiger partial charge in [-0.1, -0.05) is 48.6 Å². The van der Waals surface area contributed by atoms with Crippen LogP contribution in [0.4, 0.5) is 0 Å². The van der Waals surface area contributed by atoms with Gasteiger partial charge >= 0.3 is 0 Å². The van der Waals surface area contributed by atoms with Crippen molar-refractivity contribution in [3.05, 3.63) is 66.0 Å². The van der Waals surface area contributed by atoms with Gasteiger partial charge in [-0.25, -0.2) is 0 Å². The lowest BCUT2D eigenvalue weighted by Gasteiger charge is -2.08. The van der Waals surface area contributed by atoms with Crippen molar-refractivity contribution in [2.45, 2.75) is 0 Å². The molecule has 0 bridgehead atoms. The molecule has 0 aliphatic heterocycles. The van der Waals surface area contributed by atoms with Crippen molar-refractivity contribution in [3.63, 3.8) is 0 Å². The molecule has 0 fully saturated rings. The highest BCUT2D eigenvalue weighted by Crippen LogP contribution is 1.98. The summed E-state index contributed by atoms with van der Waals surface area (Å²) in [4.78, 5) is 16.1. The molecule has 0 spiro atoms. The first-order chi connectivity index (χ1) is 8.77. The summed E-state index contributed by atoms with van der Waals surface area (Å²) in [5.74, 6) is -0.325. The van der Waals surface area contributed by atoms with E-state index in [1.165, 1.54) is 0 Å². The first-order valence-electron chi connectivity index (χ1n) is 5.34. The second kappa shape index (κ2) is 5.88. The van der Waals surface area contributed by atoms with E-state index in [1.807, 2.05) is 30.3 Å². The number of hydrogen-bond donors (Lipinski definition) is 2. The molecule has 0 unspecified atom stereocenters. The van der Waals surface area contributed by atoms with Gasteiger partial charge in [-0.3, -0.25) is 20.6 Å². The zero-order valence-electron chi connectivity index (χ0n) is 9.46. The number of hydrazine groups is 1. The first kappa shape index (κ1) is 12.2. The molecule has 2 N–H and O–H groups in total. The van der Waals surface area contributed by atoms with Crippen LogP contribution in [0.15, 0.2) is 54.7 Å². The lowest BCUT2D eigenvalue weighted by Crippen LogP contribution is -2.41. The standard InChI is InChI=1S/C13H11N3OS/c17-12(11-8-4-5-9-14-11)15-16-13(18)10-6-2-1-3-7-10/h1-9H,(H,15,17)(H,16,18). The minimum Gasteiger partial charge on any atom is -0.287 e. The van der Waals surface area contributed by atoms with Gasteiger partial charge in [0.05, 0.1) is 0 Å². The lowest BCUT2D eigenvalue weighted by molar-refractivity contribution is 0.0939. The molecule has 5 heteroatoms. The SMILES string of the molecule is O=C(NNC(=S)c1ccccc1)c1ccccn1. The van der Waals surface area contributed by atoms with Gasteiger partial charge in [0, 0.05) is 11.8 Å². The Bertz CT molecular complexity index is 491. The summed E-state index contributed by atoms with van der Waals surface area (Å²) >= 11 is 5.14. The lowest BCUT2D eigenvalue weighted by atomic mass is 10.2. The van der Waals surface area contributed by atoms with Gasteiger partial charge in [-0.05, 0) is 12.1 Å². The molecule has 0 aliphatic carbocycles. The Labute approximate surface area is 110 Å². The largest absolute Gasteiger partial charge is 0.288 e. The van der Waals surface area contributed by atoms with E-state index in [2.05, 4.69) is 15.8 Å². The van der Waals surface area contributed by atoms with Crippen LogP contribution in [0.25, 0.3) is 0 Å². The minimum absolute atomic E-state index is 0.325. The summed E-state index contributed by atoms with van der Waals surface area (Å²) in [6, 6.07) is 14.5. The molecule has 90 valence electrons. The van der Waals surface area contributed by atoms with Crippen molar-refractivity contribution in [1.82, 2.24) is 15.8 Å². The predicted octanol–water partition coefficient (Wildman–Crippen LogP) is 1.69. The highest BCUT2D eigenvalue weighted by Gasteiger charge is 2.06. The topological polar surface area (TPSA) is 54.0 Å². The maximum atomic E-state index is 11.7. The average Bonchev–Trinajstić information content (AvgIpc) is 2.46. The monoisotopic (exact) mass is 257 g/mol. The van der Waals surface area contributed by atoms with E-state index in [-0.39, 0.29) is 5.91 Å². The van der Waals surface area contributed by atoms with Gasteiger partial charge in [0.25, 0.3) is 5.91 Å². The molecule has 1 aromatic heterocycles. The van der Waals surface area contributed by atoms with Crippen LogP contribution in [-0.4, -0.2) is 15.9 Å². The molecule has 1 aromatic carbocycles. The molecular weight excluding hydrogens is 246 g/mol. The van der Waals surface area contributed by atoms with Crippen molar-refractivity contribution in [1.29, 1.82) is 0 Å². The number of amides is 1. The number of benzene rings is 1. The Kier molecular flexibility index (Phi) is 3.98. The average molecular weight is 257 g/mol. The number of nitrogens with zero attached hydrogens (tertiary/aromatic N) is 1. The van der Waals surface area contributed by atoms with Crippen LogP contribution in [0.3, 0.4) is 0 Å². The van der Waals surface area contributed by atoms with Gasteiger partial charge in [0.1, 0.15) is 10.7 Å². The Balaban J connectivity index is 1.93. The number of thiocarbonyl (C=S) groups is 1. The number of pyridine rings is 1. The van der Waals surface area contributed by atoms with E-state index in [9.17, 15) is 4.79 Å². The fourth-order valence-electron chi connectivity index (χ4n) is 1.34.